The van der Waals surface area contributed by atoms with Crippen molar-refractivity contribution in [2.24, 2.45) is 0 Å². The Morgan fingerprint density at radius 1 is 1.28 bits per heavy atom. The zero-order chi connectivity index (χ0) is 18.4. The first-order chi connectivity index (χ1) is 11.9. The molecule has 1 aromatic heterocycles. The molecule has 25 heavy (non-hydrogen) atoms. The fourth-order valence-corrected chi connectivity index (χ4v) is 3.40. The molecule has 2 rings (SSSR count). The van der Waals surface area contributed by atoms with Crippen molar-refractivity contribution in [2.45, 2.75) is 39.2 Å². The molecule has 136 valence electrons. The summed E-state index contributed by atoms with van der Waals surface area (Å²) in [5, 5.41) is 12.3. The van der Waals surface area contributed by atoms with Gasteiger partial charge in [0.2, 0.25) is 0 Å². The molecule has 7 heteroatoms. The van der Waals surface area contributed by atoms with E-state index in [1.54, 1.807) is 7.11 Å². The van der Waals surface area contributed by atoms with Gasteiger partial charge >= 0.3 is 5.97 Å². The van der Waals surface area contributed by atoms with E-state index in [1.807, 2.05) is 32.0 Å². The second-order valence-corrected chi connectivity index (χ2v) is 6.95. The van der Waals surface area contributed by atoms with Gasteiger partial charge in [-0.25, -0.2) is 0 Å². The molecule has 1 aromatic carbocycles. The number of thiophene rings is 1. The maximum atomic E-state index is 12.5. The average molecular weight is 365 g/mol. The molecule has 0 aliphatic rings. The molecule has 0 unspecified atom stereocenters. The minimum Gasteiger partial charge on any atom is -0.497 e. The zero-order valence-electron chi connectivity index (χ0n) is 14.6. The van der Waals surface area contributed by atoms with Crippen molar-refractivity contribution in [3.05, 3.63) is 23.1 Å². The van der Waals surface area contributed by atoms with E-state index in [0.717, 1.165) is 10.1 Å². The highest BCUT2D eigenvalue weighted by Crippen LogP contribution is 2.40. The van der Waals surface area contributed by atoms with E-state index in [1.165, 1.54) is 11.3 Å². The minimum absolute atomic E-state index is 0.0638. The number of benzene rings is 1. The molecule has 0 fully saturated rings. The predicted molar refractivity (Wildman–Crippen MR) is 98.0 cm³/mol. The van der Waals surface area contributed by atoms with Crippen LogP contribution in [0.4, 0.5) is 0 Å². The molecule has 0 spiro atoms. The van der Waals surface area contributed by atoms with Crippen LogP contribution in [0.3, 0.4) is 0 Å². The topological polar surface area (TPSA) is 84.9 Å². The summed E-state index contributed by atoms with van der Waals surface area (Å²) in [6.45, 7) is 4.26. The SMILES string of the molecule is COc1ccc2sc(C(=O)NCCCCC(=O)O)c(OC(C)C)c2c1. The zero-order valence-corrected chi connectivity index (χ0v) is 15.4. The smallest absolute Gasteiger partial charge is 0.303 e. The van der Waals surface area contributed by atoms with Gasteiger partial charge in [0.15, 0.2) is 5.75 Å². The molecule has 0 aliphatic carbocycles. The molecule has 0 radical (unpaired) electrons. The Morgan fingerprint density at radius 3 is 2.68 bits per heavy atom. The van der Waals surface area contributed by atoms with Crippen molar-refractivity contribution in [1.29, 1.82) is 0 Å². The van der Waals surface area contributed by atoms with Crippen molar-refractivity contribution in [1.82, 2.24) is 5.32 Å². The summed E-state index contributed by atoms with van der Waals surface area (Å²) in [4.78, 5) is 23.6. The van der Waals surface area contributed by atoms with Crippen molar-refractivity contribution >= 4 is 33.3 Å². The van der Waals surface area contributed by atoms with Crippen LogP contribution in [-0.2, 0) is 4.79 Å². The third-order valence-corrected chi connectivity index (χ3v) is 4.66. The van der Waals surface area contributed by atoms with Gasteiger partial charge in [-0.15, -0.1) is 11.3 Å². The first-order valence-electron chi connectivity index (χ1n) is 8.19. The number of carbonyl (C=O) groups excluding carboxylic acids is 1. The molecule has 2 aromatic rings. The predicted octanol–water partition coefficient (Wildman–Crippen LogP) is 3.68. The molecule has 0 saturated carbocycles. The van der Waals surface area contributed by atoms with E-state index in [2.05, 4.69) is 5.32 Å². The van der Waals surface area contributed by atoms with E-state index in [-0.39, 0.29) is 18.4 Å². The largest absolute Gasteiger partial charge is 0.497 e. The number of methoxy groups -OCH3 is 1. The van der Waals surface area contributed by atoms with E-state index in [0.29, 0.717) is 35.8 Å². The lowest BCUT2D eigenvalue weighted by Crippen LogP contribution is -2.24. The number of hydrogen-bond donors (Lipinski definition) is 2. The van der Waals surface area contributed by atoms with E-state index in [9.17, 15) is 9.59 Å². The molecule has 0 saturated heterocycles. The van der Waals surface area contributed by atoms with Crippen LogP contribution in [0.1, 0.15) is 42.8 Å². The Labute approximate surface area is 150 Å². The number of ether oxygens (including phenoxy) is 2. The van der Waals surface area contributed by atoms with Gasteiger partial charge in [-0.3, -0.25) is 9.59 Å². The second kappa shape index (κ2) is 8.71. The van der Waals surface area contributed by atoms with Crippen LogP contribution >= 0.6 is 11.3 Å². The number of hydrogen-bond acceptors (Lipinski definition) is 5. The molecule has 0 aliphatic heterocycles. The van der Waals surface area contributed by atoms with Crippen LogP contribution in [0, 0.1) is 0 Å². The minimum atomic E-state index is -0.822. The van der Waals surface area contributed by atoms with Crippen LogP contribution in [-0.4, -0.2) is 36.7 Å². The Hall–Kier alpha value is -2.28. The number of rotatable bonds is 9. The van der Waals surface area contributed by atoms with Crippen LogP contribution in [0.2, 0.25) is 0 Å². The molecular formula is C18H23NO5S. The van der Waals surface area contributed by atoms with Gasteiger partial charge in [-0.05, 0) is 44.9 Å². The summed E-state index contributed by atoms with van der Waals surface area (Å²) < 4.78 is 12.1. The first kappa shape index (κ1) is 19.1. The Bertz CT molecular complexity index is 753. The summed E-state index contributed by atoms with van der Waals surface area (Å²) in [5.74, 6) is 0.250. The number of carboxylic acids is 1. The van der Waals surface area contributed by atoms with E-state index in [4.69, 9.17) is 14.6 Å². The van der Waals surface area contributed by atoms with Crippen LogP contribution in [0.15, 0.2) is 18.2 Å². The van der Waals surface area contributed by atoms with Gasteiger partial charge in [-0.1, -0.05) is 0 Å². The summed E-state index contributed by atoms with van der Waals surface area (Å²) in [7, 11) is 1.60. The first-order valence-corrected chi connectivity index (χ1v) is 9.01. The van der Waals surface area contributed by atoms with Crippen molar-refractivity contribution in [2.75, 3.05) is 13.7 Å². The molecule has 0 atom stereocenters. The number of fused-ring (bicyclic) bond motifs is 1. The van der Waals surface area contributed by atoms with Crippen molar-refractivity contribution in [3.63, 3.8) is 0 Å². The second-order valence-electron chi connectivity index (χ2n) is 5.90. The number of aliphatic carboxylic acids is 1. The quantitative estimate of drug-likeness (QED) is 0.662. The lowest BCUT2D eigenvalue weighted by molar-refractivity contribution is -0.137. The number of carboxylic acid groups (broad SMARTS) is 1. The Morgan fingerprint density at radius 2 is 2.04 bits per heavy atom. The molecule has 1 heterocycles. The number of unbranched alkanes of at least 4 members (excludes halogenated alkanes) is 1. The third-order valence-electron chi connectivity index (χ3n) is 3.51. The number of nitrogens with one attached hydrogen (secondary N) is 1. The standard InChI is InChI=1S/C18H23NO5S/c1-11(2)24-16-13-10-12(23-3)7-8-14(13)25-17(16)18(22)19-9-5-4-6-15(20)21/h7-8,10-11H,4-6,9H2,1-3H3,(H,19,22)(H,20,21). The van der Waals surface area contributed by atoms with Gasteiger partial charge in [0, 0.05) is 23.1 Å². The van der Waals surface area contributed by atoms with E-state index < -0.39 is 5.97 Å². The molecule has 6 nitrogen and oxygen atoms in total. The maximum Gasteiger partial charge on any atom is 0.303 e. The summed E-state index contributed by atoms with van der Waals surface area (Å²) in [5.41, 5.74) is 0. The summed E-state index contributed by atoms with van der Waals surface area (Å²) in [6.07, 6.45) is 1.21. The highest BCUT2D eigenvalue weighted by atomic mass is 32.1. The van der Waals surface area contributed by atoms with Crippen LogP contribution < -0.4 is 14.8 Å². The summed E-state index contributed by atoms with van der Waals surface area (Å²) in [6, 6.07) is 5.63. The monoisotopic (exact) mass is 365 g/mol. The van der Waals surface area contributed by atoms with Gasteiger partial charge < -0.3 is 19.9 Å². The number of amides is 1. The molecule has 0 bridgehead atoms. The molecule has 1 amide bonds. The molecular weight excluding hydrogens is 342 g/mol. The van der Waals surface area contributed by atoms with Crippen molar-refractivity contribution in [3.8, 4) is 11.5 Å². The van der Waals surface area contributed by atoms with Crippen molar-refractivity contribution < 1.29 is 24.2 Å². The Kier molecular flexibility index (Phi) is 6.64. The highest BCUT2D eigenvalue weighted by Gasteiger charge is 2.21. The van der Waals surface area contributed by atoms with E-state index >= 15 is 0 Å². The lowest BCUT2D eigenvalue weighted by atomic mass is 10.2. The average Bonchev–Trinajstić information content (AvgIpc) is 2.91. The summed E-state index contributed by atoms with van der Waals surface area (Å²) >= 11 is 1.38. The van der Waals surface area contributed by atoms with Gasteiger partial charge in [0.05, 0.1) is 13.2 Å². The van der Waals surface area contributed by atoms with Crippen LogP contribution in [0.25, 0.3) is 10.1 Å². The Balaban J connectivity index is 2.17. The van der Waals surface area contributed by atoms with Gasteiger partial charge in [0.25, 0.3) is 5.91 Å². The van der Waals surface area contributed by atoms with Gasteiger partial charge in [0.1, 0.15) is 10.6 Å². The van der Waals surface area contributed by atoms with Crippen LogP contribution in [0.5, 0.6) is 11.5 Å². The normalized spacial score (nSPS) is 10.9. The lowest BCUT2D eigenvalue weighted by Gasteiger charge is -2.11. The molecule has 2 N–H and O–H groups in total. The fourth-order valence-electron chi connectivity index (χ4n) is 2.37. The van der Waals surface area contributed by atoms with Gasteiger partial charge in [-0.2, -0.15) is 0 Å². The number of carbonyl (C=O) groups is 2. The maximum absolute atomic E-state index is 12.5. The fraction of sp³-hybridized carbons (Fsp3) is 0.444. The highest BCUT2D eigenvalue weighted by molar-refractivity contribution is 7.21. The third kappa shape index (κ3) is 5.09.